The summed E-state index contributed by atoms with van der Waals surface area (Å²) in [5.41, 5.74) is -0.272. The van der Waals surface area contributed by atoms with Gasteiger partial charge in [0.2, 0.25) is 0 Å². The van der Waals surface area contributed by atoms with Crippen LogP contribution in [0.4, 0.5) is 29.1 Å². The molecule has 0 radical (unpaired) electrons. The number of aromatic nitrogens is 4. The SMILES string of the molecule is CCC(=O)c1n[nH]c2cc(-c3cc(F)c(O)cc3CC(F)(F)F)nc(NCc3cc(O)ccc3N(C)S(=O)(=O)c3cccnc3)c12. The standard InChI is InChI=1S/C30H26F4N6O5S/c1-3-25(42)28-27-23(38-39-28)12-22(20-11-21(31)26(43)10-16(20)13-30(32,33)34)37-29(27)36-14-17-9-18(41)6-7-24(17)40(2)46(44,45)19-5-4-8-35-15-19/h4-12,15,41,43H,3,13-14H2,1-2H3,(H,36,37)(H,38,39). The van der Waals surface area contributed by atoms with Gasteiger partial charge in [0.15, 0.2) is 17.3 Å². The first-order chi connectivity index (χ1) is 21.7. The minimum Gasteiger partial charge on any atom is -0.508 e. The number of fused-ring (bicyclic) bond motifs is 1. The third kappa shape index (κ3) is 6.42. The van der Waals surface area contributed by atoms with E-state index in [-0.39, 0.29) is 74.3 Å². The van der Waals surface area contributed by atoms with Crippen LogP contribution < -0.4 is 9.62 Å². The summed E-state index contributed by atoms with van der Waals surface area (Å²) in [7, 11) is -2.78. The summed E-state index contributed by atoms with van der Waals surface area (Å²) in [6.45, 7) is 1.41. The molecule has 46 heavy (non-hydrogen) atoms. The first kappa shape index (κ1) is 32.2. The summed E-state index contributed by atoms with van der Waals surface area (Å²) in [4.78, 5) is 21.0. The largest absolute Gasteiger partial charge is 0.508 e. The van der Waals surface area contributed by atoms with Gasteiger partial charge in [-0.2, -0.15) is 18.3 Å². The van der Waals surface area contributed by atoms with Crippen LogP contribution in [-0.2, 0) is 23.0 Å². The van der Waals surface area contributed by atoms with Crippen LogP contribution in [0.1, 0.15) is 35.0 Å². The highest BCUT2D eigenvalue weighted by atomic mass is 32.2. The molecule has 0 spiro atoms. The van der Waals surface area contributed by atoms with E-state index in [0.717, 1.165) is 10.4 Å². The first-order valence-corrected chi connectivity index (χ1v) is 15.1. The zero-order chi connectivity index (χ0) is 33.4. The quantitative estimate of drug-likeness (QED) is 0.109. The number of anilines is 2. The number of pyridine rings is 2. The fourth-order valence-electron chi connectivity index (χ4n) is 4.87. The average molecular weight is 659 g/mol. The van der Waals surface area contributed by atoms with Crippen LogP contribution >= 0.6 is 0 Å². The second-order valence-electron chi connectivity index (χ2n) is 10.2. The number of alkyl halides is 3. The highest BCUT2D eigenvalue weighted by molar-refractivity contribution is 7.92. The number of nitrogens with one attached hydrogen (secondary N) is 2. The Morgan fingerprint density at radius 1 is 1.09 bits per heavy atom. The Kier molecular flexibility index (Phi) is 8.58. The van der Waals surface area contributed by atoms with Gasteiger partial charge < -0.3 is 15.5 Å². The van der Waals surface area contributed by atoms with Crippen molar-refractivity contribution in [2.75, 3.05) is 16.7 Å². The maximum Gasteiger partial charge on any atom is 0.393 e. The lowest BCUT2D eigenvalue weighted by Crippen LogP contribution is -2.28. The number of phenolic OH excluding ortho intramolecular Hbond substituents is 2. The lowest BCUT2D eigenvalue weighted by molar-refractivity contribution is -0.127. The van der Waals surface area contributed by atoms with E-state index >= 15 is 0 Å². The number of hydrogen-bond donors (Lipinski definition) is 4. The molecule has 0 unspecified atom stereocenters. The van der Waals surface area contributed by atoms with Gasteiger partial charge in [-0.05, 0) is 59.7 Å². The Balaban J connectivity index is 1.62. The van der Waals surface area contributed by atoms with Crippen LogP contribution in [0, 0.1) is 5.82 Å². The maximum absolute atomic E-state index is 14.5. The molecule has 5 aromatic rings. The normalized spacial score (nSPS) is 12.0. The predicted molar refractivity (Wildman–Crippen MR) is 161 cm³/mol. The number of ketones is 1. The fraction of sp³-hybridized carbons (Fsp3) is 0.200. The van der Waals surface area contributed by atoms with E-state index in [2.05, 4.69) is 25.5 Å². The van der Waals surface area contributed by atoms with E-state index in [4.69, 9.17) is 0 Å². The minimum absolute atomic E-state index is 0.0149. The summed E-state index contributed by atoms with van der Waals surface area (Å²) in [6, 6.07) is 9.52. The third-order valence-electron chi connectivity index (χ3n) is 7.11. The molecular formula is C30H26F4N6O5S. The molecule has 0 fully saturated rings. The zero-order valence-electron chi connectivity index (χ0n) is 24.2. The summed E-state index contributed by atoms with van der Waals surface area (Å²) in [5, 5.41) is 30.0. The van der Waals surface area contributed by atoms with Crippen molar-refractivity contribution >= 4 is 38.2 Å². The number of benzene rings is 2. The second-order valence-corrected chi connectivity index (χ2v) is 12.2. The van der Waals surface area contributed by atoms with Gasteiger partial charge >= 0.3 is 6.18 Å². The number of Topliss-reactive ketones (excluding diaryl/α,β-unsaturated/α-hetero) is 1. The predicted octanol–water partition coefficient (Wildman–Crippen LogP) is 5.70. The van der Waals surface area contributed by atoms with Crippen LogP contribution in [0.3, 0.4) is 0 Å². The van der Waals surface area contributed by atoms with Crippen LogP contribution in [0.15, 0.2) is 65.8 Å². The van der Waals surface area contributed by atoms with Gasteiger partial charge in [-0.25, -0.2) is 17.8 Å². The number of hydrogen-bond acceptors (Lipinski definition) is 9. The molecule has 0 saturated carbocycles. The number of halogens is 4. The Morgan fingerprint density at radius 3 is 2.52 bits per heavy atom. The van der Waals surface area contributed by atoms with Crippen LogP contribution in [0.25, 0.3) is 22.2 Å². The van der Waals surface area contributed by atoms with Gasteiger partial charge in [0.25, 0.3) is 10.0 Å². The molecule has 2 aromatic carbocycles. The van der Waals surface area contributed by atoms with Crippen molar-refractivity contribution in [2.45, 2.75) is 37.4 Å². The fourth-order valence-corrected chi connectivity index (χ4v) is 6.07. The molecule has 5 rings (SSSR count). The number of aromatic hydroxyl groups is 2. The number of H-pyrrole nitrogens is 1. The van der Waals surface area contributed by atoms with Gasteiger partial charge in [0.05, 0.1) is 28.7 Å². The Morgan fingerprint density at radius 2 is 1.85 bits per heavy atom. The lowest BCUT2D eigenvalue weighted by atomic mass is 9.99. The summed E-state index contributed by atoms with van der Waals surface area (Å²) in [6.07, 6.45) is -3.53. The molecule has 4 N–H and O–H groups in total. The third-order valence-corrected chi connectivity index (χ3v) is 8.87. The summed E-state index contributed by atoms with van der Waals surface area (Å²) < 4.78 is 82.4. The van der Waals surface area contributed by atoms with Gasteiger partial charge in [-0.1, -0.05) is 6.92 Å². The highest BCUT2D eigenvalue weighted by Gasteiger charge is 2.31. The molecule has 3 heterocycles. The number of aromatic amines is 1. The molecule has 0 amide bonds. The highest BCUT2D eigenvalue weighted by Crippen LogP contribution is 2.37. The number of nitrogens with zero attached hydrogens (tertiary/aromatic N) is 4. The molecule has 0 saturated heterocycles. The summed E-state index contributed by atoms with van der Waals surface area (Å²) >= 11 is 0. The smallest absolute Gasteiger partial charge is 0.393 e. The van der Waals surface area contributed by atoms with Crippen molar-refractivity contribution in [3.05, 3.63) is 83.6 Å². The Labute approximate surface area is 259 Å². The van der Waals surface area contributed by atoms with E-state index in [1.54, 1.807) is 6.92 Å². The lowest BCUT2D eigenvalue weighted by Gasteiger charge is -2.23. The molecule has 0 atom stereocenters. The maximum atomic E-state index is 14.5. The number of carbonyl (C=O) groups is 1. The Hall–Kier alpha value is -5.25. The van der Waals surface area contributed by atoms with Crippen molar-refractivity contribution in [1.29, 1.82) is 0 Å². The van der Waals surface area contributed by atoms with E-state index in [0.29, 0.717) is 6.07 Å². The van der Waals surface area contributed by atoms with Crippen molar-refractivity contribution in [2.24, 2.45) is 0 Å². The Bertz CT molecular complexity index is 2050. The number of carbonyl (C=O) groups excluding carboxylic acids is 1. The topological polar surface area (TPSA) is 161 Å². The number of phenols is 2. The van der Waals surface area contributed by atoms with Gasteiger partial charge in [-0.3, -0.25) is 19.2 Å². The average Bonchev–Trinajstić information content (AvgIpc) is 3.45. The molecule has 0 aliphatic carbocycles. The number of sulfonamides is 1. The van der Waals surface area contributed by atoms with E-state index in [1.807, 2.05) is 0 Å². The van der Waals surface area contributed by atoms with Crippen LogP contribution in [0.5, 0.6) is 11.5 Å². The molecule has 0 bridgehead atoms. The van der Waals surface area contributed by atoms with Crippen LogP contribution in [-0.4, -0.2) is 57.8 Å². The number of rotatable bonds is 10. The van der Waals surface area contributed by atoms with Crippen LogP contribution in [0.2, 0.25) is 0 Å². The molecule has 3 aromatic heterocycles. The summed E-state index contributed by atoms with van der Waals surface area (Å²) in [5.74, 6) is -2.76. The van der Waals surface area contributed by atoms with Gasteiger partial charge in [-0.15, -0.1) is 0 Å². The molecule has 0 aliphatic rings. The molecule has 0 aliphatic heterocycles. The van der Waals surface area contributed by atoms with Gasteiger partial charge in [0.1, 0.15) is 22.2 Å². The molecule has 16 heteroatoms. The van der Waals surface area contributed by atoms with Crippen molar-refractivity contribution in [3.63, 3.8) is 0 Å². The van der Waals surface area contributed by atoms with Crippen molar-refractivity contribution in [3.8, 4) is 22.8 Å². The minimum atomic E-state index is -4.70. The molecule has 11 nitrogen and oxygen atoms in total. The van der Waals surface area contributed by atoms with E-state index < -0.39 is 39.8 Å². The zero-order valence-corrected chi connectivity index (χ0v) is 25.0. The van der Waals surface area contributed by atoms with E-state index in [1.165, 1.54) is 55.8 Å². The van der Waals surface area contributed by atoms with Gasteiger partial charge in [0, 0.05) is 38.0 Å². The second kappa shape index (κ2) is 12.3. The molecule has 240 valence electrons. The van der Waals surface area contributed by atoms with Crippen molar-refractivity contribution in [1.82, 2.24) is 20.2 Å². The van der Waals surface area contributed by atoms with Crippen molar-refractivity contribution < 1.29 is 41.0 Å². The first-order valence-electron chi connectivity index (χ1n) is 13.6. The monoisotopic (exact) mass is 658 g/mol. The molecular weight excluding hydrogens is 632 g/mol. The van der Waals surface area contributed by atoms with E-state index in [9.17, 15) is 41.0 Å².